The topological polar surface area (TPSA) is 80.7 Å². The standard InChI is InChI=1S/C18H24N2O4S/c1-18(2,3)24-17(22)20-14(15(21)16-19-9-10-25-16)12-23-11-13-7-5-4-6-8-13/h4-10,14-15,21H,11-12H2,1-3H3,(H,20,22)/t14-,15-/m0/s1. The second-order valence-electron chi connectivity index (χ2n) is 6.57. The summed E-state index contributed by atoms with van der Waals surface area (Å²) in [6.07, 6.45) is 0.0400. The van der Waals surface area contributed by atoms with Gasteiger partial charge in [-0.25, -0.2) is 9.78 Å². The second-order valence-corrected chi connectivity index (χ2v) is 7.49. The highest BCUT2D eigenvalue weighted by Gasteiger charge is 2.27. The van der Waals surface area contributed by atoms with E-state index in [1.54, 1.807) is 32.3 Å². The molecule has 2 rings (SSSR count). The lowest BCUT2D eigenvalue weighted by atomic mass is 10.1. The van der Waals surface area contributed by atoms with Gasteiger partial charge in [-0.1, -0.05) is 30.3 Å². The highest BCUT2D eigenvalue weighted by atomic mass is 32.1. The van der Waals surface area contributed by atoms with Crippen LogP contribution in [0.4, 0.5) is 4.79 Å². The fourth-order valence-corrected chi connectivity index (χ4v) is 2.79. The third-order valence-electron chi connectivity index (χ3n) is 3.20. The van der Waals surface area contributed by atoms with Crippen molar-refractivity contribution in [3.05, 3.63) is 52.5 Å². The molecule has 2 aromatic rings. The highest BCUT2D eigenvalue weighted by molar-refractivity contribution is 7.09. The SMILES string of the molecule is CC(C)(C)OC(=O)N[C@@H](COCc1ccccc1)[C@H](O)c1nccs1. The van der Waals surface area contributed by atoms with Crippen molar-refractivity contribution in [2.45, 2.75) is 45.1 Å². The lowest BCUT2D eigenvalue weighted by Gasteiger charge is -2.25. The number of alkyl carbamates (subject to hydrolysis) is 1. The van der Waals surface area contributed by atoms with Crippen molar-refractivity contribution in [1.82, 2.24) is 10.3 Å². The van der Waals surface area contributed by atoms with Crippen LogP contribution in [0.1, 0.15) is 37.4 Å². The molecule has 2 atom stereocenters. The molecule has 1 heterocycles. The number of aliphatic hydroxyl groups is 1. The molecule has 1 aromatic heterocycles. The molecule has 0 spiro atoms. The summed E-state index contributed by atoms with van der Waals surface area (Å²) < 4.78 is 10.9. The van der Waals surface area contributed by atoms with Crippen LogP contribution in [0.5, 0.6) is 0 Å². The maximum Gasteiger partial charge on any atom is 0.408 e. The zero-order valence-electron chi connectivity index (χ0n) is 14.6. The minimum atomic E-state index is -0.969. The van der Waals surface area contributed by atoms with Crippen molar-refractivity contribution in [3.63, 3.8) is 0 Å². The third-order valence-corrected chi connectivity index (χ3v) is 4.04. The first kappa shape index (κ1) is 19.4. The Morgan fingerprint density at radius 3 is 2.64 bits per heavy atom. The van der Waals surface area contributed by atoms with Gasteiger partial charge in [0.15, 0.2) is 0 Å². The average molecular weight is 364 g/mol. The van der Waals surface area contributed by atoms with Crippen molar-refractivity contribution < 1.29 is 19.4 Å². The molecule has 1 amide bonds. The van der Waals surface area contributed by atoms with E-state index in [0.717, 1.165) is 5.56 Å². The van der Waals surface area contributed by atoms with Crippen LogP contribution < -0.4 is 5.32 Å². The summed E-state index contributed by atoms with van der Waals surface area (Å²) in [6.45, 7) is 5.87. The number of ether oxygens (including phenoxy) is 2. The Kier molecular flexibility index (Phi) is 6.92. The van der Waals surface area contributed by atoms with E-state index in [0.29, 0.717) is 11.6 Å². The Bertz CT molecular complexity index is 641. The van der Waals surface area contributed by atoms with Crippen LogP contribution in [0.3, 0.4) is 0 Å². The first-order chi connectivity index (χ1) is 11.8. The molecule has 0 fully saturated rings. The molecule has 0 unspecified atom stereocenters. The first-order valence-electron chi connectivity index (χ1n) is 8.04. The van der Waals surface area contributed by atoms with Crippen molar-refractivity contribution in [3.8, 4) is 0 Å². The summed E-state index contributed by atoms with van der Waals surface area (Å²) in [5.41, 5.74) is 0.397. The van der Waals surface area contributed by atoms with Crippen LogP contribution >= 0.6 is 11.3 Å². The smallest absolute Gasteiger partial charge is 0.408 e. The Morgan fingerprint density at radius 2 is 2.04 bits per heavy atom. The van der Waals surface area contributed by atoms with Gasteiger partial charge in [0.2, 0.25) is 0 Å². The van der Waals surface area contributed by atoms with Gasteiger partial charge in [0.1, 0.15) is 16.7 Å². The molecule has 1 aromatic carbocycles. The van der Waals surface area contributed by atoms with E-state index in [-0.39, 0.29) is 6.61 Å². The summed E-state index contributed by atoms with van der Waals surface area (Å²) in [5, 5.41) is 15.5. The summed E-state index contributed by atoms with van der Waals surface area (Å²) in [6, 6.07) is 9.03. The number of hydrogen-bond donors (Lipinski definition) is 2. The van der Waals surface area contributed by atoms with Gasteiger partial charge in [-0.15, -0.1) is 11.3 Å². The zero-order valence-corrected chi connectivity index (χ0v) is 15.5. The lowest BCUT2D eigenvalue weighted by Crippen LogP contribution is -2.44. The number of rotatable bonds is 7. The number of carbonyl (C=O) groups is 1. The summed E-state index contributed by atoms with van der Waals surface area (Å²) >= 11 is 1.32. The molecule has 0 aliphatic rings. The fraction of sp³-hybridized carbons (Fsp3) is 0.444. The highest BCUT2D eigenvalue weighted by Crippen LogP contribution is 2.20. The number of amides is 1. The maximum absolute atomic E-state index is 12.1. The molecule has 7 heteroatoms. The first-order valence-corrected chi connectivity index (χ1v) is 8.92. The van der Waals surface area contributed by atoms with Gasteiger partial charge in [-0.2, -0.15) is 0 Å². The summed E-state index contributed by atoms with van der Waals surface area (Å²) in [5.74, 6) is 0. The molecule has 136 valence electrons. The number of aliphatic hydroxyl groups excluding tert-OH is 1. The molecule has 6 nitrogen and oxygen atoms in total. The monoisotopic (exact) mass is 364 g/mol. The van der Waals surface area contributed by atoms with Crippen molar-refractivity contribution >= 4 is 17.4 Å². The van der Waals surface area contributed by atoms with E-state index < -0.39 is 23.8 Å². The predicted octanol–water partition coefficient (Wildman–Crippen LogP) is 3.29. The Hall–Kier alpha value is -1.96. The van der Waals surface area contributed by atoms with E-state index in [1.807, 2.05) is 30.3 Å². The van der Waals surface area contributed by atoms with Crippen LogP contribution in [-0.4, -0.2) is 34.4 Å². The number of aromatic nitrogens is 1. The van der Waals surface area contributed by atoms with Gasteiger partial charge in [0, 0.05) is 11.6 Å². The fourth-order valence-electron chi connectivity index (χ4n) is 2.10. The molecule has 0 aliphatic carbocycles. The second kappa shape index (κ2) is 8.94. The third kappa shape index (κ3) is 6.81. The number of benzene rings is 1. The molecule has 0 saturated heterocycles. The molecule has 0 saturated carbocycles. The van der Waals surface area contributed by atoms with Gasteiger partial charge in [0.25, 0.3) is 0 Å². The van der Waals surface area contributed by atoms with E-state index in [1.165, 1.54) is 11.3 Å². The molecule has 0 radical (unpaired) electrons. The predicted molar refractivity (Wildman–Crippen MR) is 96.3 cm³/mol. The van der Waals surface area contributed by atoms with Crippen LogP contribution in [-0.2, 0) is 16.1 Å². The van der Waals surface area contributed by atoms with E-state index >= 15 is 0 Å². The molecule has 2 N–H and O–H groups in total. The Morgan fingerprint density at radius 1 is 1.32 bits per heavy atom. The molecule has 0 aliphatic heterocycles. The van der Waals surface area contributed by atoms with E-state index in [2.05, 4.69) is 10.3 Å². The molecular formula is C18H24N2O4S. The van der Waals surface area contributed by atoms with Crippen LogP contribution in [0.25, 0.3) is 0 Å². The van der Waals surface area contributed by atoms with E-state index in [9.17, 15) is 9.90 Å². The van der Waals surface area contributed by atoms with Crippen LogP contribution in [0.2, 0.25) is 0 Å². The van der Waals surface area contributed by atoms with Gasteiger partial charge in [-0.3, -0.25) is 0 Å². The summed E-state index contributed by atoms with van der Waals surface area (Å²) in [4.78, 5) is 16.2. The minimum absolute atomic E-state index is 0.134. The Balaban J connectivity index is 1.97. The van der Waals surface area contributed by atoms with Crippen molar-refractivity contribution in [1.29, 1.82) is 0 Å². The quantitative estimate of drug-likeness (QED) is 0.788. The minimum Gasteiger partial charge on any atom is -0.444 e. The van der Waals surface area contributed by atoms with E-state index in [4.69, 9.17) is 9.47 Å². The Labute approximate surface area is 151 Å². The maximum atomic E-state index is 12.1. The van der Waals surface area contributed by atoms with Crippen molar-refractivity contribution in [2.75, 3.05) is 6.61 Å². The molecule has 25 heavy (non-hydrogen) atoms. The number of thiazole rings is 1. The van der Waals surface area contributed by atoms with Gasteiger partial charge < -0.3 is 19.9 Å². The molecule has 0 bridgehead atoms. The lowest BCUT2D eigenvalue weighted by molar-refractivity contribution is 0.0190. The number of nitrogens with one attached hydrogen (secondary N) is 1. The van der Waals surface area contributed by atoms with Gasteiger partial charge in [-0.05, 0) is 26.3 Å². The van der Waals surface area contributed by atoms with Crippen molar-refractivity contribution in [2.24, 2.45) is 0 Å². The van der Waals surface area contributed by atoms with Crippen LogP contribution in [0.15, 0.2) is 41.9 Å². The summed E-state index contributed by atoms with van der Waals surface area (Å²) in [7, 11) is 0. The average Bonchev–Trinajstić information content (AvgIpc) is 3.07. The van der Waals surface area contributed by atoms with Gasteiger partial charge >= 0.3 is 6.09 Å². The van der Waals surface area contributed by atoms with Gasteiger partial charge in [0.05, 0.1) is 19.3 Å². The zero-order chi connectivity index (χ0) is 18.3. The number of hydrogen-bond acceptors (Lipinski definition) is 6. The normalized spacial score (nSPS) is 13.9. The largest absolute Gasteiger partial charge is 0.444 e. The number of nitrogens with zero attached hydrogens (tertiary/aromatic N) is 1. The molecular weight excluding hydrogens is 340 g/mol. The number of carbonyl (C=O) groups excluding carboxylic acids is 1. The van der Waals surface area contributed by atoms with Crippen LogP contribution in [0, 0.1) is 0 Å².